The van der Waals surface area contributed by atoms with Crippen molar-refractivity contribution in [3.63, 3.8) is 0 Å². The molecule has 0 heterocycles. The van der Waals surface area contributed by atoms with Crippen LogP contribution in [0.4, 0.5) is 0 Å². The van der Waals surface area contributed by atoms with E-state index in [9.17, 15) is 5.11 Å². The summed E-state index contributed by atoms with van der Waals surface area (Å²) in [6.45, 7) is 4.53. The second-order valence-electron chi connectivity index (χ2n) is 5.28. The molecule has 0 unspecified atom stereocenters. The van der Waals surface area contributed by atoms with E-state index in [1.54, 1.807) is 0 Å². The lowest BCUT2D eigenvalue weighted by atomic mass is 9.64. The maximum Gasteiger partial charge on any atom is 0.0656 e. The number of rotatable bonds is 3. The van der Waals surface area contributed by atoms with E-state index in [4.69, 9.17) is 0 Å². The van der Waals surface area contributed by atoms with Gasteiger partial charge in [0, 0.05) is 0 Å². The Morgan fingerprint density at radius 3 is 2.33 bits per heavy atom. The summed E-state index contributed by atoms with van der Waals surface area (Å²) in [5.41, 5.74) is -0.240. The van der Waals surface area contributed by atoms with Gasteiger partial charge in [0.05, 0.1) is 5.60 Å². The van der Waals surface area contributed by atoms with Crippen LogP contribution in [-0.2, 0) is 0 Å². The minimum absolute atomic E-state index is 0.240. The standard InChI is InChI=1S/C11H20O/c1-8(2)10-6-11(12,7-10)5-9-3-4-9/h8-10,12H,3-7H2,1-2H3. The summed E-state index contributed by atoms with van der Waals surface area (Å²) in [4.78, 5) is 0. The van der Waals surface area contributed by atoms with Gasteiger partial charge >= 0.3 is 0 Å². The minimum atomic E-state index is -0.240. The van der Waals surface area contributed by atoms with E-state index in [1.165, 1.54) is 12.8 Å². The molecule has 0 amide bonds. The van der Waals surface area contributed by atoms with Crippen molar-refractivity contribution in [2.75, 3.05) is 0 Å². The summed E-state index contributed by atoms with van der Waals surface area (Å²) >= 11 is 0. The Balaban J connectivity index is 1.76. The zero-order valence-corrected chi connectivity index (χ0v) is 8.21. The van der Waals surface area contributed by atoms with E-state index < -0.39 is 0 Å². The van der Waals surface area contributed by atoms with E-state index in [2.05, 4.69) is 13.8 Å². The van der Waals surface area contributed by atoms with Crippen LogP contribution in [0.25, 0.3) is 0 Å². The highest BCUT2D eigenvalue weighted by atomic mass is 16.3. The molecule has 0 radical (unpaired) electrons. The molecular formula is C11H20O. The third-order valence-corrected chi connectivity index (χ3v) is 3.59. The average molecular weight is 168 g/mol. The van der Waals surface area contributed by atoms with E-state index in [-0.39, 0.29) is 5.60 Å². The second-order valence-corrected chi connectivity index (χ2v) is 5.28. The highest BCUT2D eigenvalue weighted by molar-refractivity contribution is 4.98. The molecule has 2 saturated carbocycles. The quantitative estimate of drug-likeness (QED) is 0.686. The van der Waals surface area contributed by atoms with Crippen LogP contribution in [0.3, 0.4) is 0 Å². The smallest absolute Gasteiger partial charge is 0.0656 e. The van der Waals surface area contributed by atoms with Crippen LogP contribution < -0.4 is 0 Å². The lowest BCUT2D eigenvalue weighted by Crippen LogP contribution is -2.46. The van der Waals surface area contributed by atoms with Crippen LogP contribution in [0.15, 0.2) is 0 Å². The Bertz CT molecular complexity index is 164. The van der Waals surface area contributed by atoms with Crippen LogP contribution in [-0.4, -0.2) is 10.7 Å². The Morgan fingerprint density at radius 1 is 1.33 bits per heavy atom. The highest BCUT2D eigenvalue weighted by Crippen LogP contribution is 2.49. The first kappa shape index (κ1) is 8.55. The van der Waals surface area contributed by atoms with Gasteiger partial charge in [-0.15, -0.1) is 0 Å². The first-order valence-corrected chi connectivity index (χ1v) is 5.31. The minimum Gasteiger partial charge on any atom is -0.390 e. The average Bonchev–Trinajstić information content (AvgIpc) is 2.65. The van der Waals surface area contributed by atoms with Crippen LogP contribution in [0, 0.1) is 17.8 Å². The van der Waals surface area contributed by atoms with Crippen LogP contribution in [0.5, 0.6) is 0 Å². The molecule has 2 fully saturated rings. The van der Waals surface area contributed by atoms with Crippen LogP contribution >= 0.6 is 0 Å². The normalized spacial score (nSPS) is 41.5. The fourth-order valence-corrected chi connectivity index (χ4v) is 2.41. The monoisotopic (exact) mass is 168 g/mol. The molecule has 70 valence electrons. The van der Waals surface area contributed by atoms with Gasteiger partial charge in [0.2, 0.25) is 0 Å². The Morgan fingerprint density at radius 2 is 1.92 bits per heavy atom. The van der Waals surface area contributed by atoms with Crippen molar-refractivity contribution in [2.24, 2.45) is 17.8 Å². The third-order valence-electron chi connectivity index (χ3n) is 3.59. The van der Waals surface area contributed by atoms with E-state index in [0.29, 0.717) is 0 Å². The molecule has 1 nitrogen and oxygen atoms in total. The zero-order chi connectivity index (χ0) is 8.77. The van der Waals surface area contributed by atoms with Crippen molar-refractivity contribution in [1.82, 2.24) is 0 Å². The van der Waals surface area contributed by atoms with Gasteiger partial charge < -0.3 is 5.11 Å². The largest absolute Gasteiger partial charge is 0.390 e. The molecule has 0 aliphatic heterocycles. The van der Waals surface area contributed by atoms with Crippen molar-refractivity contribution in [1.29, 1.82) is 0 Å². The van der Waals surface area contributed by atoms with Crippen molar-refractivity contribution in [3.05, 3.63) is 0 Å². The highest BCUT2D eigenvalue weighted by Gasteiger charge is 2.46. The maximum absolute atomic E-state index is 10.0. The summed E-state index contributed by atoms with van der Waals surface area (Å²) in [6.07, 6.45) is 5.97. The molecule has 0 aromatic heterocycles. The molecule has 2 aliphatic rings. The fourth-order valence-electron chi connectivity index (χ4n) is 2.41. The first-order valence-electron chi connectivity index (χ1n) is 5.31. The Labute approximate surface area is 75.2 Å². The van der Waals surface area contributed by atoms with Gasteiger partial charge in [-0.05, 0) is 37.0 Å². The topological polar surface area (TPSA) is 20.2 Å². The van der Waals surface area contributed by atoms with Crippen molar-refractivity contribution in [3.8, 4) is 0 Å². The molecule has 0 saturated heterocycles. The molecule has 2 aliphatic carbocycles. The molecule has 0 aromatic carbocycles. The third kappa shape index (κ3) is 1.66. The summed E-state index contributed by atoms with van der Waals surface area (Å²) in [7, 11) is 0. The predicted molar refractivity (Wildman–Crippen MR) is 49.9 cm³/mol. The molecule has 12 heavy (non-hydrogen) atoms. The molecule has 2 rings (SSSR count). The molecule has 1 heteroatoms. The van der Waals surface area contributed by atoms with Crippen molar-refractivity contribution < 1.29 is 5.11 Å². The Kier molecular flexibility index (Phi) is 1.95. The summed E-state index contributed by atoms with van der Waals surface area (Å²) in [5.74, 6) is 2.45. The van der Waals surface area contributed by atoms with Gasteiger partial charge in [-0.2, -0.15) is 0 Å². The fraction of sp³-hybridized carbons (Fsp3) is 1.00. The molecule has 1 N–H and O–H groups in total. The van der Waals surface area contributed by atoms with Gasteiger partial charge in [0.1, 0.15) is 0 Å². The van der Waals surface area contributed by atoms with Gasteiger partial charge in [0.15, 0.2) is 0 Å². The molecule has 0 aromatic rings. The van der Waals surface area contributed by atoms with Gasteiger partial charge in [-0.3, -0.25) is 0 Å². The second kappa shape index (κ2) is 2.73. The maximum atomic E-state index is 10.0. The predicted octanol–water partition coefficient (Wildman–Crippen LogP) is 2.58. The van der Waals surface area contributed by atoms with Crippen LogP contribution in [0.1, 0.15) is 46.0 Å². The van der Waals surface area contributed by atoms with Crippen molar-refractivity contribution >= 4 is 0 Å². The molecule has 0 spiro atoms. The van der Waals surface area contributed by atoms with E-state index in [1.807, 2.05) is 0 Å². The van der Waals surface area contributed by atoms with Gasteiger partial charge in [-0.1, -0.05) is 26.7 Å². The number of hydrogen-bond donors (Lipinski definition) is 1. The summed E-state index contributed by atoms with van der Waals surface area (Å²) in [5, 5.41) is 10.0. The number of hydrogen-bond acceptors (Lipinski definition) is 1. The lowest BCUT2D eigenvalue weighted by molar-refractivity contribution is -0.0958. The van der Waals surface area contributed by atoms with E-state index in [0.717, 1.165) is 37.0 Å². The van der Waals surface area contributed by atoms with Crippen LogP contribution in [0.2, 0.25) is 0 Å². The van der Waals surface area contributed by atoms with E-state index >= 15 is 0 Å². The first-order chi connectivity index (χ1) is 5.59. The summed E-state index contributed by atoms with van der Waals surface area (Å²) < 4.78 is 0. The SMILES string of the molecule is CC(C)C1CC(O)(CC2CC2)C1. The van der Waals surface area contributed by atoms with Gasteiger partial charge in [0.25, 0.3) is 0 Å². The van der Waals surface area contributed by atoms with Gasteiger partial charge in [-0.25, -0.2) is 0 Å². The molecule has 0 bridgehead atoms. The lowest BCUT2D eigenvalue weighted by Gasteiger charge is -2.46. The number of aliphatic hydroxyl groups is 1. The summed E-state index contributed by atoms with van der Waals surface area (Å²) in [6, 6.07) is 0. The van der Waals surface area contributed by atoms with Crippen molar-refractivity contribution in [2.45, 2.75) is 51.6 Å². The molecule has 0 atom stereocenters. The zero-order valence-electron chi connectivity index (χ0n) is 8.21. The molecular weight excluding hydrogens is 148 g/mol. The Hall–Kier alpha value is -0.0400.